The van der Waals surface area contributed by atoms with Crippen LogP contribution in [0.25, 0.3) is 33.6 Å². The van der Waals surface area contributed by atoms with E-state index in [-0.39, 0.29) is 11.8 Å². The summed E-state index contributed by atoms with van der Waals surface area (Å²) in [5.74, 6) is 0.445. The van der Waals surface area contributed by atoms with E-state index in [2.05, 4.69) is 54.7 Å². The lowest BCUT2D eigenvalue weighted by Gasteiger charge is -2.28. The fourth-order valence-corrected chi connectivity index (χ4v) is 5.06. The third-order valence-electron chi connectivity index (χ3n) is 7.06. The van der Waals surface area contributed by atoms with E-state index in [0.717, 1.165) is 73.4 Å². The summed E-state index contributed by atoms with van der Waals surface area (Å²) in [5, 5.41) is 15.9. The Labute approximate surface area is 207 Å². The number of fused-ring (bicyclic) bond motifs is 1. The molecule has 0 aliphatic carbocycles. The number of hydrogen-bond acceptors (Lipinski definition) is 5. The smallest absolute Gasteiger partial charge is 0.317 e. The van der Waals surface area contributed by atoms with Crippen LogP contribution in [0.5, 0.6) is 0 Å². The van der Waals surface area contributed by atoms with Crippen LogP contribution in [-0.2, 0) is 7.05 Å². The largest absolute Gasteiger partial charge is 0.336 e. The molecule has 1 saturated heterocycles. The third-order valence-corrected chi connectivity index (χ3v) is 7.06. The number of hydrogen-bond donors (Lipinski definition) is 1. The first-order chi connectivity index (χ1) is 17.6. The number of amides is 2. The van der Waals surface area contributed by atoms with Gasteiger partial charge in [-0.2, -0.15) is 0 Å². The minimum Gasteiger partial charge on any atom is -0.336 e. The topological polar surface area (TPSA) is 84.1 Å². The van der Waals surface area contributed by atoms with Gasteiger partial charge < -0.3 is 14.8 Å². The lowest BCUT2D eigenvalue weighted by Crippen LogP contribution is -2.38. The number of carbonyl (C=O) groups excluding carboxylic acids is 1. The highest BCUT2D eigenvalue weighted by Crippen LogP contribution is 2.35. The van der Waals surface area contributed by atoms with E-state index in [1.165, 1.54) is 17.7 Å². The van der Waals surface area contributed by atoms with Crippen molar-refractivity contribution in [3.05, 3.63) is 66.1 Å². The molecule has 0 atom stereocenters. The summed E-state index contributed by atoms with van der Waals surface area (Å²) in [6.07, 6.45) is 5.34. The SMILES string of the molecule is Cn1nnnc1-c1ccc2c(c1)c(C1=CCN(CCN3CCNC3=O)CC1)cn2-c1ccc(F)cc1. The number of aromatic nitrogens is 5. The number of carbonyl (C=O) groups is 1. The average Bonchev–Trinajstić information content (AvgIpc) is 3.61. The Kier molecular flexibility index (Phi) is 5.73. The molecule has 9 nitrogen and oxygen atoms in total. The number of nitrogens with zero attached hydrogens (tertiary/aromatic N) is 7. The third kappa shape index (κ3) is 4.13. The van der Waals surface area contributed by atoms with Crippen molar-refractivity contribution in [1.29, 1.82) is 0 Å². The Morgan fingerprint density at radius 2 is 1.94 bits per heavy atom. The number of rotatable bonds is 6. The second-order valence-electron chi connectivity index (χ2n) is 9.25. The van der Waals surface area contributed by atoms with Crippen molar-refractivity contribution in [3.63, 3.8) is 0 Å². The van der Waals surface area contributed by atoms with Crippen molar-refractivity contribution in [2.24, 2.45) is 7.05 Å². The number of nitrogens with one attached hydrogen (secondary N) is 1. The van der Waals surface area contributed by atoms with Gasteiger partial charge in [0.1, 0.15) is 5.82 Å². The van der Waals surface area contributed by atoms with Crippen LogP contribution in [0.15, 0.2) is 54.7 Å². The van der Waals surface area contributed by atoms with Gasteiger partial charge in [-0.25, -0.2) is 13.9 Å². The van der Waals surface area contributed by atoms with Gasteiger partial charge in [0.25, 0.3) is 0 Å². The summed E-state index contributed by atoms with van der Waals surface area (Å²) in [7, 11) is 1.83. The zero-order valence-electron chi connectivity index (χ0n) is 20.1. The molecular formula is C26H27FN8O. The molecule has 2 aromatic heterocycles. The summed E-state index contributed by atoms with van der Waals surface area (Å²) < 4.78 is 17.4. The van der Waals surface area contributed by atoms with Gasteiger partial charge in [0, 0.05) is 74.7 Å². The first-order valence-corrected chi connectivity index (χ1v) is 12.1. The minimum atomic E-state index is -0.256. The van der Waals surface area contributed by atoms with E-state index in [1.54, 1.807) is 16.8 Å². The first kappa shape index (κ1) is 22.4. The number of tetrazole rings is 1. The maximum atomic E-state index is 13.6. The monoisotopic (exact) mass is 486 g/mol. The molecule has 0 saturated carbocycles. The molecule has 4 aromatic rings. The van der Waals surface area contributed by atoms with Crippen molar-refractivity contribution in [2.75, 3.05) is 39.3 Å². The van der Waals surface area contributed by atoms with Crippen molar-refractivity contribution >= 4 is 22.5 Å². The maximum absolute atomic E-state index is 13.6. The maximum Gasteiger partial charge on any atom is 0.317 e. The van der Waals surface area contributed by atoms with Crippen LogP contribution in [-0.4, -0.2) is 79.9 Å². The molecule has 2 aliphatic rings. The number of benzene rings is 2. The molecule has 2 aromatic carbocycles. The van der Waals surface area contributed by atoms with Crippen LogP contribution in [0, 0.1) is 5.82 Å². The Bertz CT molecular complexity index is 1450. The second kappa shape index (κ2) is 9.19. The zero-order chi connectivity index (χ0) is 24.6. The lowest BCUT2D eigenvalue weighted by atomic mass is 9.98. The normalized spacial score (nSPS) is 16.6. The van der Waals surface area contributed by atoms with E-state index in [4.69, 9.17) is 0 Å². The fraction of sp³-hybridized carbons (Fsp3) is 0.308. The highest BCUT2D eigenvalue weighted by atomic mass is 19.1. The van der Waals surface area contributed by atoms with Gasteiger partial charge in [0.15, 0.2) is 5.82 Å². The quantitative estimate of drug-likeness (QED) is 0.453. The van der Waals surface area contributed by atoms with Crippen LogP contribution in [0.3, 0.4) is 0 Å². The highest BCUT2D eigenvalue weighted by molar-refractivity contribution is 5.96. The van der Waals surface area contributed by atoms with Crippen molar-refractivity contribution in [3.8, 4) is 17.1 Å². The molecular weight excluding hydrogens is 459 g/mol. The van der Waals surface area contributed by atoms with Gasteiger partial charge in [0.2, 0.25) is 0 Å². The molecule has 4 heterocycles. The van der Waals surface area contributed by atoms with Crippen LogP contribution in [0.2, 0.25) is 0 Å². The van der Waals surface area contributed by atoms with E-state index < -0.39 is 0 Å². The molecule has 6 rings (SSSR count). The zero-order valence-corrected chi connectivity index (χ0v) is 20.1. The van der Waals surface area contributed by atoms with Crippen LogP contribution >= 0.6 is 0 Å². The van der Waals surface area contributed by atoms with Crippen molar-refractivity contribution in [2.45, 2.75) is 6.42 Å². The van der Waals surface area contributed by atoms with Gasteiger partial charge in [-0.3, -0.25) is 4.90 Å². The van der Waals surface area contributed by atoms with E-state index >= 15 is 0 Å². The highest BCUT2D eigenvalue weighted by Gasteiger charge is 2.22. The minimum absolute atomic E-state index is 0.0331. The van der Waals surface area contributed by atoms with Gasteiger partial charge in [0.05, 0.1) is 5.52 Å². The number of halogens is 1. The molecule has 1 fully saturated rings. The van der Waals surface area contributed by atoms with Gasteiger partial charge in [-0.1, -0.05) is 6.08 Å². The number of aryl methyl sites for hydroxylation is 1. The van der Waals surface area contributed by atoms with Crippen molar-refractivity contribution < 1.29 is 9.18 Å². The van der Waals surface area contributed by atoms with Crippen molar-refractivity contribution in [1.82, 2.24) is 39.9 Å². The van der Waals surface area contributed by atoms with E-state index in [0.29, 0.717) is 5.82 Å². The molecule has 184 valence electrons. The Hall–Kier alpha value is -4.05. The van der Waals surface area contributed by atoms with E-state index in [9.17, 15) is 9.18 Å². The summed E-state index contributed by atoms with van der Waals surface area (Å²) >= 11 is 0. The first-order valence-electron chi connectivity index (χ1n) is 12.1. The molecule has 0 radical (unpaired) electrons. The van der Waals surface area contributed by atoms with Gasteiger partial charge in [-0.05, 0) is 64.9 Å². The predicted octanol–water partition coefficient (Wildman–Crippen LogP) is 3.07. The van der Waals surface area contributed by atoms with Crippen LogP contribution in [0.4, 0.5) is 9.18 Å². The molecule has 0 unspecified atom stereocenters. The molecule has 2 aliphatic heterocycles. The second-order valence-corrected chi connectivity index (χ2v) is 9.25. The fourth-order valence-electron chi connectivity index (χ4n) is 5.06. The van der Waals surface area contributed by atoms with Crippen LogP contribution in [0.1, 0.15) is 12.0 Å². The van der Waals surface area contributed by atoms with Crippen LogP contribution < -0.4 is 5.32 Å². The molecule has 1 N–H and O–H groups in total. The summed E-state index contributed by atoms with van der Waals surface area (Å²) in [5.41, 5.74) is 5.32. The predicted molar refractivity (Wildman–Crippen MR) is 135 cm³/mol. The lowest BCUT2D eigenvalue weighted by molar-refractivity contribution is 0.205. The number of urea groups is 1. The Morgan fingerprint density at radius 3 is 2.64 bits per heavy atom. The summed E-state index contributed by atoms with van der Waals surface area (Å²) in [6.45, 7) is 4.87. The standard InChI is InChI=1S/C26H27FN8O/c1-32-25(29-30-31-32)19-2-7-24-22(16-19)23(17-35(24)21-5-3-20(27)4-6-21)18-8-11-33(12-9-18)14-15-34-13-10-28-26(34)36/h2-8,16-17H,9-15H2,1H3,(H,28,36). The Morgan fingerprint density at radius 1 is 1.08 bits per heavy atom. The summed E-state index contributed by atoms with van der Waals surface area (Å²) in [6, 6.07) is 12.8. The van der Waals surface area contributed by atoms with Gasteiger partial charge in [-0.15, -0.1) is 5.10 Å². The molecule has 10 heteroatoms. The summed E-state index contributed by atoms with van der Waals surface area (Å²) in [4.78, 5) is 16.1. The molecule has 2 amide bonds. The Balaban J connectivity index is 1.33. The average molecular weight is 487 g/mol. The molecule has 0 spiro atoms. The molecule has 0 bridgehead atoms. The van der Waals surface area contributed by atoms with Gasteiger partial charge >= 0.3 is 6.03 Å². The molecule has 36 heavy (non-hydrogen) atoms. The van der Waals surface area contributed by atoms with E-state index in [1.807, 2.05) is 18.0 Å².